The van der Waals surface area contributed by atoms with Crippen LogP contribution in [-0.4, -0.2) is 30.0 Å². The molecule has 2 aromatic rings. The van der Waals surface area contributed by atoms with Gasteiger partial charge >= 0.3 is 0 Å². The van der Waals surface area contributed by atoms with Gasteiger partial charge in [-0.3, -0.25) is 4.79 Å². The number of hydrogen-bond acceptors (Lipinski definition) is 3. The molecule has 1 aliphatic carbocycles. The SMILES string of the molecule is CCOc1ccc2oc(C(=O)N3CCC[C@@H]4CCCC[C@@H]43)c(C)c2c1. The molecule has 4 rings (SSSR count). The second-order valence-corrected chi connectivity index (χ2v) is 7.40. The van der Waals surface area contributed by atoms with Gasteiger partial charge in [0.05, 0.1) is 6.61 Å². The molecule has 1 aromatic carbocycles. The van der Waals surface area contributed by atoms with Crippen LogP contribution in [0.5, 0.6) is 5.75 Å². The highest BCUT2D eigenvalue weighted by Crippen LogP contribution is 2.37. The number of fused-ring (bicyclic) bond motifs is 2. The van der Waals surface area contributed by atoms with Crippen LogP contribution in [0, 0.1) is 12.8 Å². The second kappa shape index (κ2) is 6.74. The monoisotopic (exact) mass is 341 g/mol. The molecule has 4 heteroatoms. The summed E-state index contributed by atoms with van der Waals surface area (Å²) in [6, 6.07) is 6.19. The number of carbonyl (C=O) groups excluding carboxylic acids is 1. The van der Waals surface area contributed by atoms with Crippen molar-refractivity contribution in [1.29, 1.82) is 0 Å². The number of piperidine rings is 1. The minimum Gasteiger partial charge on any atom is -0.494 e. The molecule has 2 heterocycles. The lowest BCUT2D eigenvalue weighted by Crippen LogP contribution is -2.49. The van der Waals surface area contributed by atoms with Gasteiger partial charge < -0.3 is 14.1 Å². The fourth-order valence-corrected chi connectivity index (χ4v) is 4.67. The lowest BCUT2D eigenvalue weighted by molar-refractivity contribution is 0.0363. The number of amides is 1. The fraction of sp³-hybridized carbons (Fsp3) is 0.571. The van der Waals surface area contributed by atoms with Gasteiger partial charge in [-0.05, 0) is 63.6 Å². The summed E-state index contributed by atoms with van der Waals surface area (Å²) in [5.74, 6) is 2.09. The van der Waals surface area contributed by atoms with Crippen molar-refractivity contribution in [2.24, 2.45) is 5.92 Å². The van der Waals surface area contributed by atoms with Crippen LogP contribution in [0.4, 0.5) is 0 Å². The number of benzene rings is 1. The molecular formula is C21H27NO3. The Kier molecular flexibility index (Phi) is 4.45. The molecule has 1 aromatic heterocycles. The van der Waals surface area contributed by atoms with E-state index in [1.54, 1.807) is 0 Å². The lowest BCUT2D eigenvalue weighted by Gasteiger charge is -2.43. The van der Waals surface area contributed by atoms with Crippen LogP contribution < -0.4 is 4.74 Å². The predicted octanol–water partition coefficient (Wildman–Crippen LogP) is 4.93. The van der Waals surface area contributed by atoms with Crippen molar-refractivity contribution in [3.63, 3.8) is 0 Å². The minimum atomic E-state index is 0.0725. The van der Waals surface area contributed by atoms with E-state index in [0.29, 0.717) is 24.3 Å². The summed E-state index contributed by atoms with van der Waals surface area (Å²) in [5.41, 5.74) is 1.70. The average molecular weight is 341 g/mol. The number of carbonyl (C=O) groups is 1. The molecule has 134 valence electrons. The van der Waals surface area contributed by atoms with Gasteiger partial charge in [0.2, 0.25) is 0 Å². The van der Waals surface area contributed by atoms with Gasteiger partial charge in [-0.2, -0.15) is 0 Å². The topological polar surface area (TPSA) is 42.7 Å². The van der Waals surface area contributed by atoms with E-state index in [9.17, 15) is 4.79 Å². The first-order chi connectivity index (χ1) is 12.2. The van der Waals surface area contributed by atoms with Crippen molar-refractivity contribution in [1.82, 2.24) is 4.90 Å². The van der Waals surface area contributed by atoms with E-state index >= 15 is 0 Å². The van der Waals surface area contributed by atoms with Crippen LogP contribution in [0.1, 0.15) is 61.6 Å². The van der Waals surface area contributed by atoms with Gasteiger partial charge in [-0.1, -0.05) is 12.8 Å². The number of likely N-dealkylation sites (tertiary alicyclic amines) is 1. The Morgan fingerprint density at radius 3 is 2.88 bits per heavy atom. The molecule has 0 spiro atoms. The second-order valence-electron chi connectivity index (χ2n) is 7.40. The third kappa shape index (κ3) is 2.92. The van der Waals surface area contributed by atoms with Crippen LogP contribution in [0.2, 0.25) is 0 Å². The van der Waals surface area contributed by atoms with E-state index in [1.807, 2.05) is 32.0 Å². The van der Waals surface area contributed by atoms with E-state index in [0.717, 1.165) is 41.7 Å². The highest BCUT2D eigenvalue weighted by Gasteiger charge is 2.37. The molecule has 25 heavy (non-hydrogen) atoms. The zero-order valence-electron chi connectivity index (χ0n) is 15.2. The summed E-state index contributed by atoms with van der Waals surface area (Å²) < 4.78 is 11.6. The summed E-state index contributed by atoms with van der Waals surface area (Å²) in [4.78, 5) is 15.4. The molecule has 0 N–H and O–H groups in total. The molecule has 2 fully saturated rings. The molecule has 1 saturated heterocycles. The number of hydrogen-bond donors (Lipinski definition) is 0. The minimum absolute atomic E-state index is 0.0725. The lowest BCUT2D eigenvalue weighted by atomic mass is 9.78. The smallest absolute Gasteiger partial charge is 0.290 e. The van der Waals surface area contributed by atoms with Crippen LogP contribution in [-0.2, 0) is 0 Å². The van der Waals surface area contributed by atoms with Crippen LogP contribution in [0.15, 0.2) is 22.6 Å². The maximum Gasteiger partial charge on any atom is 0.290 e. The van der Waals surface area contributed by atoms with E-state index in [-0.39, 0.29) is 5.91 Å². The maximum absolute atomic E-state index is 13.3. The molecule has 1 amide bonds. The molecule has 0 bridgehead atoms. The molecule has 0 unspecified atom stereocenters. The number of aryl methyl sites for hydroxylation is 1. The van der Waals surface area contributed by atoms with Crippen LogP contribution >= 0.6 is 0 Å². The van der Waals surface area contributed by atoms with Gasteiger partial charge in [0, 0.05) is 23.5 Å². The van der Waals surface area contributed by atoms with E-state index in [4.69, 9.17) is 9.15 Å². The van der Waals surface area contributed by atoms with Crippen molar-refractivity contribution in [2.45, 2.75) is 58.4 Å². The van der Waals surface area contributed by atoms with E-state index in [2.05, 4.69) is 4.90 Å². The van der Waals surface area contributed by atoms with Crippen molar-refractivity contribution in [3.05, 3.63) is 29.5 Å². The third-order valence-electron chi connectivity index (χ3n) is 5.92. The first-order valence-corrected chi connectivity index (χ1v) is 9.66. The standard InChI is InChI=1S/C21H27NO3/c1-3-24-16-10-11-19-17(13-16)14(2)20(25-19)21(23)22-12-6-8-15-7-4-5-9-18(15)22/h10-11,13,15,18H,3-9,12H2,1-2H3/t15-,18-/m0/s1. The summed E-state index contributed by atoms with van der Waals surface area (Å²) in [7, 11) is 0. The number of rotatable bonds is 3. The molecule has 4 nitrogen and oxygen atoms in total. The Bertz CT molecular complexity index is 777. The Labute approximate surface area is 149 Å². The van der Waals surface area contributed by atoms with Gasteiger partial charge in [0.15, 0.2) is 5.76 Å². The number of nitrogens with zero attached hydrogens (tertiary/aromatic N) is 1. The van der Waals surface area contributed by atoms with Crippen molar-refractivity contribution in [3.8, 4) is 5.75 Å². The fourth-order valence-electron chi connectivity index (χ4n) is 4.67. The van der Waals surface area contributed by atoms with Gasteiger partial charge in [0.1, 0.15) is 11.3 Å². The summed E-state index contributed by atoms with van der Waals surface area (Å²) >= 11 is 0. The maximum atomic E-state index is 13.3. The Morgan fingerprint density at radius 2 is 2.04 bits per heavy atom. The predicted molar refractivity (Wildman–Crippen MR) is 98.1 cm³/mol. The average Bonchev–Trinajstić information content (AvgIpc) is 2.97. The zero-order valence-corrected chi connectivity index (χ0v) is 15.2. The van der Waals surface area contributed by atoms with Gasteiger partial charge in [0.25, 0.3) is 5.91 Å². The van der Waals surface area contributed by atoms with Crippen molar-refractivity contribution >= 4 is 16.9 Å². The van der Waals surface area contributed by atoms with Gasteiger partial charge in [-0.25, -0.2) is 0 Å². The quantitative estimate of drug-likeness (QED) is 0.794. The highest BCUT2D eigenvalue weighted by molar-refractivity contribution is 5.99. The van der Waals surface area contributed by atoms with Crippen LogP contribution in [0.25, 0.3) is 11.0 Å². The first-order valence-electron chi connectivity index (χ1n) is 9.66. The molecular weight excluding hydrogens is 314 g/mol. The largest absolute Gasteiger partial charge is 0.494 e. The van der Waals surface area contributed by atoms with Crippen molar-refractivity contribution in [2.75, 3.05) is 13.2 Å². The summed E-state index contributed by atoms with van der Waals surface area (Å²) in [5, 5.41) is 0.978. The third-order valence-corrected chi connectivity index (χ3v) is 5.92. The highest BCUT2D eigenvalue weighted by atomic mass is 16.5. The zero-order chi connectivity index (χ0) is 17.4. The van der Waals surface area contributed by atoms with Crippen molar-refractivity contribution < 1.29 is 13.9 Å². The number of furan rings is 1. The Balaban J connectivity index is 1.66. The van der Waals surface area contributed by atoms with E-state index in [1.165, 1.54) is 25.7 Å². The van der Waals surface area contributed by atoms with Gasteiger partial charge in [-0.15, -0.1) is 0 Å². The Hall–Kier alpha value is -1.97. The normalized spacial score (nSPS) is 23.5. The molecule has 2 aliphatic rings. The first kappa shape index (κ1) is 16.5. The molecule has 0 radical (unpaired) electrons. The molecule has 2 atom stereocenters. The van der Waals surface area contributed by atoms with Crippen LogP contribution in [0.3, 0.4) is 0 Å². The number of ether oxygens (including phenoxy) is 1. The van der Waals surface area contributed by atoms with E-state index < -0.39 is 0 Å². The molecule has 1 aliphatic heterocycles. The molecule has 1 saturated carbocycles. The summed E-state index contributed by atoms with van der Waals surface area (Å²) in [6.07, 6.45) is 7.34. The summed E-state index contributed by atoms with van der Waals surface area (Å²) in [6.45, 7) is 5.45. The Morgan fingerprint density at radius 1 is 1.24 bits per heavy atom.